The molecule has 0 radical (unpaired) electrons. The molecule has 1 saturated carbocycles. The summed E-state index contributed by atoms with van der Waals surface area (Å²) < 4.78 is 24.5. The highest BCUT2D eigenvalue weighted by molar-refractivity contribution is 5.86. The molecule has 0 bridgehead atoms. The Morgan fingerprint density at radius 1 is 1.22 bits per heavy atom. The molecular weight excluding hydrogens is 239 g/mol. The van der Waals surface area contributed by atoms with Crippen LogP contribution in [0.2, 0.25) is 0 Å². The molecule has 0 atom stereocenters. The Labute approximate surface area is 103 Å². The molecule has 1 aromatic carbocycles. The van der Waals surface area contributed by atoms with Gasteiger partial charge >= 0.3 is 5.97 Å². The van der Waals surface area contributed by atoms with E-state index in [4.69, 9.17) is 9.47 Å². The molecule has 4 nitrogen and oxygen atoms in total. The van der Waals surface area contributed by atoms with Gasteiger partial charge in [0.05, 0.1) is 18.6 Å². The number of carboxylic acid groups (broad SMARTS) is 1. The standard InChI is InChI=1S/C13H13FO4/c14-9-3-2-8(13(4-5-13)12(15)16)10-11(9)18-7-1-6-17-10/h2-3H,1,4-7H2,(H,15,16). The van der Waals surface area contributed by atoms with Crippen molar-refractivity contribution in [3.63, 3.8) is 0 Å². The van der Waals surface area contributed by atoms with Crippen molar-refractivity contribution >= 4 is 5.97 Å². The smallest absolute Gasteiger partial charge is 0.314 e. The Morgan fingerprint density at radius 3 is 2.50 bits per heavy atom. The van der Waals surface area contributed by atoms with Crippen LogP contribution < -0.4 is 9.47 Å². The highest BCUT2D eigenvalue weighted by Gasteiger charge is 2.54. The molecule has 3 rings (SSSR count). The average molecular weight is 252 g/mol. The average Bonchev–Trinajstić information content (AvgIpc) is 3.13. The lowest BCUT2D eigenvalue weighted by atomic mass is 9.94. The Bertz CT molecular complexity index is 508. The van der Waals surface area contributed by atoms with Crippen LogP contribution in [0.1, 0.15) is 24.8 Å². The SMILES string of the molecule is O=C(O)C1(c2ccc(F)c3c2OCCCO3)CC1. The molecule has 0 saturated heterocycles. The van der Waals surface area contributed by atoms with Crippen molar-refractivity contribution in [1.29, 1.82) is 0 Å². The van der Waals surface area contributed by atoms with Gasteiger partial charge in [0.2, 0.25) is 0 Å². The van der Waals surface area contributed by atoms with Crippen LogP contribution in [0.15, 0.2) is 12.1 Å². The first kappa shape index (κ1) is 11.3. The van der Waals surface area contributed by atoms with Gasteiger partial charge in [-0.15, -0.1) is 0 Å². The van der Waals surface area contributed by atoms with Gasteiger partial charge in [-0.2, -0.15) is 0 Å². The maximum absolute atomic E-state index is 13.7. The topological polar surface area (TPSA) is 55.8 Å². The number of benzene rings is 1. The number of halogens is 1. The molecule has 0 amide bonds. The molecule has 1 heterocycles. The van der Waals surface area contributed by atoms with Gasteiger partial charge < -0.3 is 14.6 Å². The molecule has 1 fully saturated rings. The molecule has 0 spiro atoms. The van der Waals surface area contributed by atoms with Crippen molar-refractivity contribution < 1.29 is 23.8 Å². The van der Waals surface area contributed by atoms with E-state index in [-0.39, 0.29) is 11.5 Å². The Hall–Kier alpha value is -1.78. The van der Waals surface area contributed by atoms with Crippen molar-refractivity contribution in [3.05, 3.63) is 23.5 Å². The molecule has 1 aromatic rings. The van der Waals surface area contributed by atoms with E-state index < -0.39 is 17.2 Å². The summed E-state index contributed by atoms with van der Waals surface area (Å²) in [5.74, 6) is -1.06. The molecule has 0 unspecified atom stereocenters. The minimum absolute atomic E-state index is 0.0533. The summed E-state index contributed by atoms with van der Waals surface area (Å²) in [6.45, 7) is 0.798. The van der Waals surface area contributed by atoms with Gasteiger partial charge in [-0.25, -0.2) is 4.39 Å². The van der Waals surface area contributed by atoms with Crippen LogP contribution in [0.3, 0.4) is 0 Å². The normalized spacial score (nSPS) is 20.1. The minimum Gasteiger partial charge on any atom is -0.489 e. The predicted octanol–water partition coefficient (Wildman–Crippen LogP) is 2.10. The fraction of sp³-hybridized carbons (Fsp3) is 0.462. The predicted molar refractivity (Wildman–Crippen MR) is 60.6 cm³/mol. The van der Waals surface area contributed by atoms with E-state index in [0.29, 0.717) is 38.0 Å². The summed E-state index contributed by atoms with van der Waals surface area (Å²) >= 11 is 0. The third kappa shape index (κ3) is 1.54. The number of carbonyl (C=O) groups is 1. The molecule has 0 aromatic heterocycles. The van der Waals surface area contributed by atoms with Crippen molar-refractivity contribution in [3.8, 4) is 11.5 Å². The summed E-state index contributed by atoms with van der Waals surface area (Å²) in [7, 11) is 0. The van der Waals surface area contributed by atoms with Crippen LogP contribution in [-0.4, -0.2) is 24.3 Å². The lowest BCUT2D eigenvalue weighted by molar-refractivity contribution is -0.140. The number of ether oxygens (including phenoxy) is 2. The van der Waals surface area contributed by atoms with E-state index >= 15 is 0 Å². The largest absolute Gasteiger partial charge is 0.489 e. The van der Waals surface area contributed by atoms with E-state index in [2.05, 4.69) is 0 Å². The third-order valence-corrected chi connectivity index (χ3v) is 3.52. The summed E-state index contributed by atoms with van der Waals surface area (Å²) in [4.78, 5) is 11.4. The first-order valence-corrected chi connectivity index (χ1v) is 5.97. The van der Waals surface area contributed by atoms with Gasteiger partial charge in [0, 0.05) is 12.0 Å². The van der Waals surface area contributed by atoms with Crippen LogP contribution in [0.5, 0.6) is 11.5 Å². The monoisotopic (exact) mass is 252 g/mol. The highest BCUT2D eigenvalue weighted by atomic mass is 19.1. The molecule has 1 aliphatic carbocycles. The maximum atomic E-state index is 13.7. The zero-order chi connectivity index (χ0) is 12.8. The fourth-order valence-corrected chi connectivity index (χ4v) is 2.32. The van der Waals surface area contributed by atoms with E-state index in [1.165, 1.54) is 12.1 Å². The van der Waals surface area contributed by atoms with Gasteiger partial charge in [0.1, 0.15) is 0 Å². The van der Waals surface area contributed by atoms with Crippen LogP contribution in [0, 0.1) is 5.82 Å². The Balaban J connectivity index is 2.14. The van der Waals surface area contributed by atoms with Crippen molar-refractivity contribution in [1.82, 2.24) is 0 Å². The van der Waals surface area contributed by atoms with Crippen LogP contribution in [0.25, 0.3) is 0 Å². The molecule has 1 aliphatic heterocycles. The van der Waals surface area contributed by atoms with Gasteiger partial charge in [-0.05, 0) is 18.9 Å². The summed E-state index contributed by atoms with van der Waals surface area (Å²) in [6.07, 6.45) is 1.78. The van der Waals surface area contributed by atoms with Crippen molar-refractivity contribution in [2.75, 3.05) is 13.2 Å². The molecule has 5 heteroatoms. The number of rotatable bonds is 2. The number of carboxylic acids is 1. The van der Waals surface area contributed by atoms with Crippen molar-refractivity contribution in [2.24, 2.45) is 0 Å². The zero-order valence-electron chi connectivity index (χ0n) is 9.74. The molecule has 2 aliphatic rings. The van der Waals surface area contributed by atoms with Gasteiger partial charge in [-0.1, -0.05) is 6.07 Å². The molecule has 1 N–H and O–H groups in total. The second kappa shape index (κ2) is 3.86. The van der Waals surface area contributed by atoms with Gasteiger partial charge in [0.25, 0.3) is 0 Å². The van der Waals surface area contributed by atoms with Crippen LogP contribution >= 0.6 is 0 Å². The van der Waals surface area contributed by atoms with Gasteiger partial charge in [0.15, 0.2) is 17.3 Å². The zero-order valence-corrected chi connectivity index (χ0v) is 9.74. The van der Waals surface area contributed by atoms with Crippen LogP contribution in [-0.2, 0) is 10.2 Å². The summed E-state index contributed by atoms with van der Waals surface area (Å²) in [6, 6.07) is 2.76. The number of hydrogen-bond acceptors (Lipinski definition) is 3. The second-order valence-corrected chi connectivity index (χ2v) is 4.69. The first-order chi connectivity index (χ1) is 8.65. The van der Waals surface area contributed by atoms with E-state index in [1.54, 1.807) is 0 Å². The fourth-order valence-electron chi connectivity index (χ4n) is 2.32. The van der Waals surface area contributed by atoms with Crippen molar-refractivity contribution in [2.45, 2.75) is 24.7 Å². The maximum Gasteiger partial charge on any atom is 0.314 e. The third-order valence-electron chi connectivity index (χ3n) is 3.52. The summed E-state index contributed by atoms with van der Waals surface area (Å²) in [5, 5.41) is 9.31. The van der Waals surface area contributed by atoms with E-state index in [1.807, 2.05) is 0 Å². The lowest BCUT2D eigenvalue weighted by Crippen LogP contribution is -2.20. The molecule has 18 heavy (non-hydrogen) atoms. The number of aliphatic carboxylic acids is 1. The van der Waals surface area contributed by atoms with Gasteiger partial charge in [-0.3, -0.25) is 4.79 Å². The minimum atomic E-state index is -0.911. The molecular formula is C13H13FO4. The Kier molecular flexibility index (Phi) is 2.43. The molecule has 96 valence electrons. The quantitative estimate of drug-likeness (QED) is 0.875. The van der Waals surface area contributed by atoms with Crippen LogP contribution in [0.4, 0.5) is 4.39 Å². The van der Waals surface area contributed by atoms with E-state index in [9.17, 15) is 14.3 Å². The summed E-state index contributed by atoms with van der Waals surface area (Å²) in [5.41, 5.74) is -0.376. The highest BCUT2D eigenvalue weighted by Crippen LogP contribution is 2.54. The first-order valence-electron chi connectivity index (χ1n) is 5.97. The van der Waals surface area contributed by atoms with E-state index in [0.717, 1.165) is 0 Å². The lowest BCUT2D eigenvalue weighted by Gasteiger charge is -2.17. The number of fused-ring (bicyclic) bond motifs is 1. The Morgan fingerprint density at radius 2 is 1.89 bits per heavy atom. The number of hydrogen-bond donors (Lipinski definition) is 1. The second-order valence-electron chi connectivity index (χ2n) is 4.69.